The van der Waals surface area contributed by atoms with E-state index in [2.05, 4.69) is 48.0 Å². The summed E-state index contributed by atoms with van der Waals surface area (Å²) in [5, 5.41) is 0. The van der Waals surface area contributed by atoms with Crippen molar-refractivity contribution in [2.75, 3.05) is 0 Å². The van der Waals surface area contributed by atoms with Crippen LogP contribution in [0.1, 0.15) is 40.9 Å². The summed E-state index contributed by atoms with van der Waals surface area (Å²) in [6.45, 7) is 4.27. The highest BCUT2D eigenvalue weighted by atomic mass is 79.9. The van der Waals surface area contributed by atoms with E-state index in [1.54, 1.807) is 12.1 Å². The van der Waals surface area contributed by atoms with Crippen molar-refractivity contribution in [2.45, 2.75) is 37.9 Å². The smallest absolute Gasteiger partial charge is 0.162 e. The van der Waals surface area contributed by atoms with Crippen LogP contribution in [0.25, 0.3) is 0 Å². The van der Waals surface area contributed by atoms with Crippen LogP contribution in [0.5, 0.6) is 0 Å². The summed E-state index contributed by atoms with van der Waals surface area (Å²) in [6, 6.07) is 10.7. The zero-order chi connectivity index (χ0) is 15.4. The molecule has 0 nitrogen and oxygen atoms in total. The highest BCUT2D eigenvalue weighted by Crippen LogP contribution is 2.30. The fourth-order valence-corrected chi connectivity index (χ4v) is 3.17. The molecule has 2 aromatic rings. The second-order valence-corrected chi connectivity index (χ2v) is 6.23. The molecule has 0 heterocycles. The summed E-state index contributed by atoms with van der Waals surface area (Å²) < 4.78 is 27.0. The quantitative estimate of drug-likeness (QED) is 0.599. The summed E-state index contributed by atoms with van der Waals surface area (Å²) in [5.41, 5.74) is 4.17. The van der Waals surface area contributed by atoms with Gasteiger partial charge in [0.2, 0.25) is 0 Å². The van der Waals surface area contributed by atoms with Crippen molar-refractivity contribution < 1.29 is 8.78 Å². The zero-order valence-corrected chi connectivity index (χ0v) is 13.9. The molecule has 2 rings (SSSR count). The van der Waals surface area contributed by atoms with E-state index < -0.39 is 11.6 Å². The highest BCUT2D eigenvalue weighted by Gasteiger charge is 2.15. The maximum absolute atomic E-state index is 13.7. The Morgan fingerprint density at radius 1 is 0.952 bits per heavy atom. The molecule has 3 heteroatoms. The lowest BCUT2D eigenvalue weighted by Crippen LogP contribution is -2.01. The van der Waals surface area contributed by atoms with Crippen LogP contribution in [0.3, 0.4) is 0 Å². The molecule has 2 aromatic carbocycles. The molecule has 21 heavy (non-hydrogen) atoms. The van der Waals surface area contributed by atoms with Crippen molar-refractivity contribution in [1.82, 2.24) is 0 Å². The standard InChI is InChI=1S/C18H19BrF2/c1-3-12-8-9-14(10-13(12)4-2)16(19)11-15-6-5-7-17(20)18(15)21/h5-10,16H,3-4,11H2,1-2H3. The van der Waals surface area contributed by atoms with E-state index in [1.807, 2.05) is 0 Å². The average Bonchev–Trinajstić information content (AvgIpc) is 2.51. The van der Waals surface area contributed by atoms with E-state index in [-0.39, 0.29) is 4.83 Å². The molecule has 112 valence electrons. The summed E-state index contributed by atoms with van der Waals surface area (Å²) in [7, 11) is 0. The molecule has 0 bridgehead atoms. The number of hydrogen-bond acceptors (Lipinski definition) is 0. The van der Waals surface area contributed by atoms with E-state index in [9.17, 15) is 8.78 Å². The fourth-order valence-electron chi connectivity index (χ4n) is 2.53. The van der Waals surface area contributed by atoms with Gasteiger partial charge in [-0.05, 0) is 47.6 Å². The van der Waals surface area contributed by atoms with Gasteiger partial charge in [0, 0.05) is 4.83 Å². The van der Waals surface area contributed by atoms with Crippen LogP contribution in [-0.4, -0.2) is 0 Å². The van der Waals surface area contributed by atoms with Gasteiger partial charge in [0.15, 0.2) is 11.6 Å². The van der Waals surface area contributed by atoms with Crippen LogP contribution in [0.2, 0.25) is 0 Å². The molecule has 0 aliphatic rings. The number of benzene rings is 2. The molecule has 0 aromatic heterocycles. The minimum absolute atomic E-state index is 0.0231. The number of hydrogen-bond donors (Lipinski definition) is 0. The molecule has 0 fully saturated rings. The SMILES string of the molecule is CCc1ccc(C(Br)Cc2cccc(F)c2F)cc1CC. The van der Waals surface area contributed by atoms with Crippen LogP contribution in [0, 0.1) is 11.6 Å². The lowest BCUT2D eigenvalue weighted by molar-refractivity contribution is 0.498. The van der Waals surface area contributed by atoms with Crippen molar-refractivity contribution in [1.29, 1.82) is 0 Å². The van der Waals surface area contributed by atoms with Crippen LogP contribution in [0.15, 0.2) is 36.4 Å². The van der Waals surface area contributed by atoms with Crippen LogP contribution >= 0.6 is 15.9 Å². The lowest BCUT2D eigenvalue weighted by Gasteiger charge is -2.14. The first-order valence-electron chi connectivity index (χ1n) is 7.25. The number of halogens is 3. The first kappa shape index (κ1) is 16.2. The summed E-state index contributed by atoms with van der Waals surface area (Å²) >= 11 is 3.60. The topological polar surface area (TPSA) is 0 Å². The average molecular weight is 353 g/mol. The van der Waals surface area contributed by atoms with Crippen molar-refractivity contribution >= 4 is 15.9 Å². The summed E-state index contributed by atoms with van der Waals surface area (Å²) in [6.07, 6.45) is 2.41. The molecule has 0 spiro atoms. The largest absolute Gasteiger partial charge is 0.204 e. The van der Waals surface area contributed by atoms with Gasteiger partial charge in [0.25, 0.3) is 0 Å². The molecule has 0 N–H and O–H groups in total. The van der Waals surface area contributed by atoms with Gasteiger partial charge in [-0.1, -0.05) is 60.1 Å². The Morgan fingerprint density at radius 2 is 1.67 bits per heavy atom. The second-order valence-electron chi connectivity index (χ2n) is 5.12. The van der Waals surface area contributed by atoms with Gasteiger partial charge in [-0.2, -0.15) is 0 Å². The van der Waals surface area contributed by atoms with Crippen molar-refractivity contribution in [2.24, 2.45) is 0 Å². The third kappa shape index (κ3) is 3.70. The molecular weight excluding hydrogens is 334 g/mol. The molecule has 0 radical (unpaired) electrons. The maximum Gasteiger partial charge on any atom is 0.162 e. The van der Waals surface area contributed by atoms with Gasteiger partial charge in [0.05, 0.1) is 0 Å². The maximum atomic E-state index is 13.7. The van der Waals surface area contributed by atoms with Gasteiger partial charge >= 0.3 is 0 Å². The van der Waals surface area contributed by atoms with Gasteiger partial charge in [-0.15, -0.1) is 0 Å². The zero-order valence-electron chi connectivity index (χ0n) is 12.3. The Hall–Kier alpha value is -1.22. The van der Waals surface area contributed by atoms with Gasteiger partial charge in [-0.25, -0.2) is 8.78 Å². The first-order chi connectivity index (χ1) is 10.1. The number of alkyl halides is 1. The minimum atomic E-state index is -0.789. The van der Waals surface area contributed by atoms with E-state index in [0.717, 1.165) is 24.5 Å². The Labute approximate surface area is 133 Å². The van der Waals surface area contributed by atoms with Gasteiger partial charge < -0.3 is 0 Å². The predicted octanol–water partition coefficient (Wildman–Crippen LogP) is 5.77. The van der Waals surface area contributed by atoms with E-state index in [0.29, 0.717) is 12.0 Å². The van der Waals surface area contributed by atoms with Crippen LogP contribution < -0.4 is 0 Å². The van der Waals surface area contributed by atoms with Crippen molar-refractivity contribution in [3.05, 3.63) is 70.3 Å². The Balaban J connectivity index is 2.24. The van der Waals surface area contributed by atoms with Crippen LogP contribution in [-0.2, 0) is 19.3 Å². The van der Waals surface area contributed by atoms with Gasteiger partial charge in [-0.3, -0.25) is 0 Å². The minimum Gasteiger partial charge on any atom is -0.204 e. The van der Waals surface area contributed by atoms with E-state index in [4.69, 9.17) is 0 Å². The van der Waals surface area contributed by atoms with Gasteiger partial charge in [0.1, 0.15) is 0 Å². The van der Waals surface area contributed by atoms with E-state index >= 15 is 0 Å². The first-order valence-corrected chi connectivity index (χ1v) is 8.17. The third-order valence-electron chi connectivity index (χ3n) is 3.78. The fraction of sp³-hybridized carbons (Fsp3) is 0.333. The molecule has 1 unspecified atom stereocenters. The molecule has 0 amide bonds. The Morgan fingerprint density at radius 3 is 2.33 bits per heavy atom. The molecule has 0 saturated carbocycles. The number of rotatable bonds is 5. The molecular formula is C18H19BrF2. The van der Waals surface area contributed by atoms with Crippen molar-refractivity contribution in [3.63, 3.8) is 0 Å². The molecule has 1 atom stereocenters. The van der Waals surface area contributed by atoms with Crippen LogP contribution in [0.4, 0.5) is 8.78 Å². The third-order valence-corrected chi connectivity index (χ3v) is 4.64. The number of aryl methyl sites for hydroxylation is 2. The van der Waals surface area contributed by atoms with E-state index in [1.165, 1.54) is 11.1 Å². The highest BCUT2D eigenvalue weighted by molar-refractivity contribution is 9.09. The second kappa shape index (κ2) is 7.17. The Bertz CT molecular complexity index is 623. The summed E-state index contributed by atoms with van der Waals surface area (Å²) in [5.74, 6) is -1.54. The monoisotopic (exact) mass is 352 g/mol. The molecule has 0 aliphatic carbocycles. The predicted molar refractivity (Wildman–Crippen MR) is 86.9 cm³/mol. The normalized spacial score (nSPS) is 12.4. The molecule has 0 saturated heterocycles. The Kier molecular flexibility index (Phi) is 5.51. The van der Waals surface area contributed by atoms with Crippen molar-refractivity contribution in [3.8, 4) is 0 Å². The summed E-state index contributed by atoms with van der Waals surface area (Å²) in [4.78, 5) is -0.0231. The lowest BCUT2D eigenvalue weighted by atomic mass is 9.96. The molecule has 0 aliphatic heterocycles.